The lowest BCUT2D eigenvalue weighted by atomic mass is 10.3. The molecule has 0 atom stereocenters. The van der Waals surface area contributed by atoms with E-state index < -0.39 is 10.0 Å². The molecule has 1 heterocycles. The zero-order valence-corrected chi connectivity index (χ0v) is 13.6. The number of hydrogen-bond donors (Lipinski definition) is 1. The molecular weight excluding hydrogens is 321 g/mol. The predicted octanol–water partition coefficient (Wildman–Crippen LogP) is 2.75. The van der Waals surface area contributed by atoms with E-state index in [1.165, 1.54) is 4.31 Å². The lowest BCUT2D eigenvalue weighted by Crippen LogP contribution is -2.30. The number of aromatic nitrogens is 2. The van der Waals surface area contributed by atoms with Crippen molar-refractivity contribution in [2.45, 2.75) is 24.6 Å². The highest BCUT2D eigenvalue weighted by molar-refractivity contribution is 7.89. The number of alkyl halides is 1. The molecule has 0 radical (unpaired) electrons. The fourth-order valence-electron chi connectivity index (χ4n) is 1.98. The lowest BCUT2D eigenvalue weighted by Gasteiger charge is -2.18. The Labute approximate surface area is 129 Å². The van der Waals surface area contributed by atoms with Crippen molar-refractivity contribution >= 4 is 45.1 Å². The monoisotopic (exact) mass is 337 g/mol. The van der Waals surface area contributed by atoms with Gasteiger partial charge in [0.15, 0.2) is 0 Å². The van der Waals surface area contributed by atoms with Crippen LogP contribution in [0.3, 0.4) is 0 Å². The van der Waals surface area contributed by atoms with Gasteiger partial charge >= 0.3 is 0 Å². The number of fused-ring (bicyclic) bond motifs is 1. The highest BCUT2D eigenvalue weighted by Crippen LogP contribution is 2.21. The second kappa shape index (κ2) is 6.76. The van der Waals surface area contributed by atoms with Crippen LogP contribution in [0.2, 0.25) is 0 Å². The van der Waals surface area contributed by atoms with Crippen molar-refractivity contribution < 1.29 is 8.42 Å². The van der Waals surface area contributed by atoms with E-state index in [-0.39, 0.29) is 23.2 Å². The molecule has 0 saturated carbocycles. The SMILES string of the molecule is CCN(CC)S(=O)(=O)c1ccc2nc(CCl)[nH]c2c1.Cl. The maximum Gasteiger partial charge on any atom is 0.243 e. The number of nitrogens with zero attached hydrogens (tertiary/aromatic N) is 2. The number of H-pyrrole nitrogens is 1. The van der Waals surface area contributed by atoms with E-state index in [1.807, 2.05) is 13.8 Å². The first-order valence-electron chi connectivity index (χ1n) is 6.07. The van der Waals surface area contributed by atoms with Crippen molar-refractivity contribution in [2.24, 2.45) is 0 Å². The predicted molar refractivity (Wildman–Crippen MR) is 83.0 cm³/mol. The van der Waals surface area contributed by atoms with Crippen LogP contribution < -0.4 is 0 Å². The molecule has 0 amide bonds. The average molecular weight is 338 g/mol. The molecule has 2 rings (SSSR count). The van der Waals surface area contributed by atoms with Crippen molar-refractivity contribution in [2.75, 3.05) is 13.1 Å². The minimum Gasteiger partial charge on any atom is -0.341 e. The minimum absolute atomic E-state index is 0. The molecule has 0 aliphatic carbocycles. The molecule has 20 heavy (non-hydrogen) atoms. The normalized spacial score (nSPS) is 11.8. The Balaban J connectivity index is 0.00000200. The van der Waals surface area contributed by atoms with Gasteiger partial charge in [-0.05, 0) is 18.2 Å². The van der Waals surface area contributed by atoms with Crippen molar-refractivity contribution in [1.82, 2.24) is 14.3 Å². The summed E-state index contributed by atoms with van der Waals surface area (Å²) in [5.41, 5.74) is 1.40. The third-order valence-electron chi connectivity index (χ3n) is 2.97. The van der Waals surface area contributed by atoms with E-state index in [4.69, 9.17) is 11.6 Å². The van der Waals surface area contributed by atoms with Crippen LogP contribution in [-0.2, 0) is 15.9 Å². The molecule has 1 aromatic heterocycles. The van der Waals surface area contributed by atoms with Crippen LogP contribution in [0.15, 0.2) is 23.1 Å². The topological polar surface area (TPSA) is 66.1 Å². The largest absolute Gasteiger partial charge is 0.341 e. The zero-order chi connectivity index (χ0) is 14.0. The van der Waals surface area contributed by atoms with E-state index in [0.717, 1.165) is 0 Å². The molecule has 5 nitrogen and oxygen atoms in total. The summed E-state index contributed by atoms with van der Waals surface area (Å²) >= 11 is 5.70. The van der Waals surface area contributed by atoms with Gasteiger partial charge in [0, 0.05) is 13.1 Å². The third kappa shape index (κ3) is 3.09. The number of benzene rings is 1. The number of halogens is 2. The molecule has 0 unspecified atom stereocenters. The van der Waals surface area contributed by atoms with Gasteiger partial charge in [-0.25, -0.2) is 13.4 Å². The second-order valence-corrected chi connectivity index (χ2v) is 6.29. The van der Waals surface area contributed by atoms with E-state index in [9.17, 15) is 8.42 Å². The fourth-order valence-corrected chi connectivity index (χ4v) is 3.59. The Hall–Kier alpha value is -0.820. The first-order chi connectivity index (χ1) is 9.02. The summed E-state index contributed by atoms with van der Waals surface area (Å²) in [7, 11) is -3.44. The molecular formula is C12H17Cl2N3O2S. The van der Waals surface area contributed by atoms with Crippen LogP contribution in [0, 0.1) is 0 Å². The quantitative estimate of drug-likeness (QED) is 0.853. The summed E-state index contributed by atoms with van der Waals surface area (Å²) < 4.78 is 26.2. The summed E-state index contributed by atoms with van der Waals surface area (Å²) in [5, 5.41) is 0. The molecule has 1 aromatic carbocycles. The van der Waals surface area contributed by atoms with Crippen molar-refractivity contribution in [3.8, 4) is 0 Å². The summed E-state index contributed by atoms with van der Waals surface area (Å²) in [6.07, 6.45) is 0. The van der Waals surface area contributed by atoms with Gasteiger partial charge in [0.2, 0.25) is 10.0 Å². The van der Waals surface area contributed by atoms with Crippen LogP contribution in [0.4, 0.5) is 0 Å². The Morgan fingerprint density at radius 1 is 1.30 bits per heavy atom. The van der Waals surface area contributed by atoms with Crippen LogP contribution in [0.25, 0.3) is 11.0 Å². The standard InChI is InChI=1S/C12H16ClN3O2S.ClH/c1-3-16(4-2)19(17,18)9-5-6-10-11(7-9)15-12(8-13)14-10;/h5-7H,3-4,8H2,1-2H3,(H,14,15);1H. The Kier molecular flexibility index (Phi) is 5.82. The Morgan fingerprint density at radius 3 is 2.50 bits per heavy atom. The van der Waals surface area contributed by atoms with Crippen molar-refractivity contribution in [3.63, 3.8) is 0 Å². The minimum atomic E-state index is -3.44. The summed E-state index contributed by atoms with van der Waals surface area (Å²) in [6.45, 7) is 4.54. The number of imidazole rings is 1. The second-order valence-electron chi connectivity index (χ2n) is 4.09. The van der Waals surface area contributed by atoms with Gasteiger partial charge < -0.3 is 4.98 Å². The molecule has 2 aromatic rings. The van der Waals surface area contributed by atoms with E-state index in [2.05, 4.69) is 9.97 Å². The van der Waals surface area contributed by atoms with E-state index >= 15 is 0 Å². The lowest BCUT2D eigenvalue weighted by molar-refractivity contribution is 0.445. The van der Waals surface area contributed by atoms with Gasteiger partial charge in [0.25, 0.3) is 0 Å². The molecule has 0 bridgehead atoms. The molecule has 0 aliphatic heterocycles. The van der Waals surface area contributed by atoms with Crippen LogP contribution in [0.1, 0.15) is 19.7 Å². The van der Waals surface area contributed by atoms with Gasteiger partial charge in [-0.2, -0.15) is 4.31 Å². The fraction of sp³-hybridized carbons (Fsp3) is 0.417. The van der Waals surface area contributed by atoms with Crippen LogP contribution in [-0.4, -0.2) is 35.8 Å². The average Bonchev–Trinajstić information content (AvgIpc) is 2.81. The maximum absolute atomic E-state index is 12.4. The zero-order valence-electron chi connectivity index (χ0n) is 11.3. The third-order valence-corrected chi connectivity index (χ3v) is 5.27. The van der Waals surface area contributed by atoms with Crippen molar-refractivity contribution in [3.05, 3.63) is 24.0 Å². The van der Waals surface area contributed by atoms with E-state index in [1.54, 1.807) is 18.2 Å². The molecule has 1 N–H and O–H groups in total. The number of aromatic amines is 1. The summed E-state index contributed by atoms with van der Waals surface area (Å²) in [5.74, 6) is 0.904. The molecule has 0 fully saturated rings. The van der Waals surface area contributed by atoms with Crippen LogP contribution >= 0.6 is 24.0 Å². The summed E-state index contributed by atoms with van der Waals surface area (Å²) in [6, 6.07) is 4.87. The van der Waals surface area contributed by atoms with Gasteiger partial charge in [0.05, 0.1) is 21.8 Å². The van der Waals surface area contributed by atoms with Crippen molar-refractivity contribution in [1.29, 1.82) is 0 Å². The first kappa shape index (κ1) is 17.2. The van der Waals surface area contributed by atoms with Gasteiger partial charge in [0.1, 0.15) is 5.82 Å². The van der Waals surface area contributed by atoms with Gasteiger partial charge in [-0.1, -0.05) is 13.8 Å². The Bertz CT molecular complexity index is 681. The molecule has 112 valence electrons. The number of nitrogens with one attached hydrogen (secondary N) is 1. The van der Waals surface area contributed by atoms with Gasteiger partial charge in [-0.15, -0.1) is 24.0 Å². The highest BCUT2D eigenvalue weighted by atomic mass is 35.5. The number of rotatable bonds is 5. The first-order valence-corrected chi connectivity index (χ1v) is 8.05. The molecule has 0 saturated heterocycles. The van der Waals surface area contributed by atoms with Gasteiger partial charge in [-0.3, -0.25) is 0 Å². The van der Waals surface area contributed by atoms with E-state index in [0.29, 0.717) is 29.9 Å². The summed E-state index contributed by atoms with van der Waals surface area (Å²) in [4.78, 5) is 7.52. The number of sulfonamides is 1. The number of hydrogen-bond acceptors (Lipinski definition) is 3. The highest BCUT2D eigenvalue weighted by Gasteiger charge is 2.22. The molecule has 8 heteroatoms. The Morgan fingerprint density at radius 2 is 1.95 bits per heavy atom. The maximum atomic E-state index is 12.4. The van der Waals surface area contributed by atoms with Crippen LogP contribution in [0.5, 0.6) is 0 Å². The smallest absolute Gasteiger partial charge is 0.243 e. The molecule has 0 spiro atoms. The molecule has 0 aliphatic rings.